The zero-order chi connectivity index (χ0) is 13.0. The van der Waals surface area contributed by atoms with Crippen LogP contribution < -0.4 is 5.73 Å². The third-order valence-corrected chi connectivity index (χ3v) is 2.54. The molecule has 2 N–H and O–H groups in total. The number of benzene rings is 1. The van der Waals surface area contributed by atoms with Crippen LogP contribution >= 0.6 is 11.6 Å². The molecular formula is C13H11ClN2O2. The fourth-order valence-corrected chi connectivity index (χ4v) is 1.58. The maximum atomic E-state index is 11.8. The Morgan fingerprint density at radius 3 is 2.72 bits per heavy atom. The second-order valence-electron chi connectivity index (χ2n) is 3.66. The summed E-state index contributed by atoms with van der Waals surface area (Å²) in [5.41, 5.74) is 7.05. The smallest absolute Gasteiger partial charge is 0.342 e. The number of nitrogens with zero attached hydrogens (tertiary/aromatic N) is 1. The molecule has 0 spiro atoms. The van der Waals surface area contributed by atoms with Gasteiger partial charge in [-0.2, -0.15) is 0 Å². The normalized spacial score (nSPS) is 10.1. The summed E-state index contributed by atoms with van der Waals surface area (Å²) in [5.74, 6) is -0.513. The molecule has 0 saturated carbocycles. The molecule has 4 nitrogen and oxygen atoms in total. The fraction of sp³-hybridized carbons (Fsp3) is 0.0769. The summed E-state index contributed by atoms with van der Waals surface area (Å²) in [5, 5.41) is 0.243. The number of nitrogen functional groups attached to an aromatic ring is 1. The van der Waals surface area contributed by atoms with Crippen LogP contribution in [-0.4, -0.2) is 11.0 Å². The van der Waals surface area contributed by atoms with Gasteiger partial charge in [0.05, 0.1) is 5.69 Å². The first kappa shape index (κ1) is 12.4. The van der Waals surface area contributed by atoms with Gasteiger partial charge in [-0.25, -0.2) is 9.78 Å². The lowest BCUT2D eigenvalue weighted by Gasteiger charge is -2.06. The second kappa shape index (κ2) is 5.51. The number of nitrogens with two attached hydrogens (primary N) is 1. The quantitative estimate of drug-likeness (QED) is 0.682. The Hall–Kier alpha value is -2.07. The molecule has 0 aliphatic carbocycles. The summed E-state index contributed by atoms with van der Waals surface area (Å²) in [6.45, 7) is 0.196. The predicted octanol–water partition coefficient (Wildman–Crippen LogP) is 2.67. The van der Waals surface area contributed by atoms with Crippen molar-refractivity contribution in [2.45, 2.75) is 6.61 Å². The third kappa shape index (κ3) is 2.99. The van der Waals surface area contributed by atoms with E-state index in [1.54, 1.807) is 0 Å². The van der Waals surface area contributed by atoms with Gasteiger partial charge >= 0.3 is 5.97 Å². The third-order valence-electron chi connectivity index (χ3n) is 2.34. The van der Waals surface area contributed by atoms with Gasteiger partial charge in [0, 0.05) is 6.20 Å². The summed E-state index contributed by atoms with van der Waals surface area (Å²) in [6, 6.07) is 10.8. The number of esters is 1. The number of rotatable bonds is 3. The van der Waals surface area contributed by atoms with Gasteiger partial charge in [-0.05, 0) is 11.6 Å². The summed E-state index contributed by atoms with van der Waals surface area (Å²) >= 11 is 5.65. The molecule has 0 bridgehead atoms. The highest BCUT2D eigenvalue weighted by Crippen LogP contribution is 2.16. The minimum atomic E-state index is -0.513. The van der Waals surface area contributed by atoms with Gasteiger partial charge in [-0.1, -0.05) is 41.9 Å². The topological polar surface area (TPSA) is 65.2 Å². The molecule has 1 aromatic carbocycles. The van der Waals surface area contributed by atoms with Gasteiger partial charge in [0.15, 0.2) is 0 Å². The van der Waals surface area contributed by atoms with E-state index in [-0.39, 0.29) is 23.0 Å². The Morgan fingerprint density at radius 1 is 1.33 bits per heavy atom. The van der Waals surface area contributed by atoms with E-state index in [9.17, 15) is 4.79 Å². The van der Waals surface area contributed by atoms with E-state index < -0.39 is 5.97 Å². The van der Waals surface area contributed by atoms with Crippen molar-refractivity contribution in [1.82, 2.24) is 4.98 Å². The minimum absolute atomic E-state index is 0.196. The molecule has 0 unspecified atom stereocenters. The van der Waals surface area contributed by atoms with Crippen LogP contribution in [-0.2, 0) is 11.3 Å². The number of anilines is 1. The van der Waals surface area contributed by atoms with Crippen molar-refractivity contribution < 1.29 is 9.53 Å². The molecule has 1 heterocycles. The van der Waals surface area contributed by atoms with Crippen molar-refractivity contribution >= 4 is 23.3 Å². The highest BCUT2D eigenvalue weighted by molar-refractivity contribution is 6.29. The van der Waals surface area contributed by atoms with E-state index in [4.69, 9.17) is 22.1 Å². The van der Waals surface area contributed by atoms with Crippen LogP contribution in [0.1, 0.15) is 15.9 Å². The molecule has 0 amide bonds. The van der Waals surface area contributed by atoms with Crippen molar-refractivity contribution in [1.29, 1.82) is 0 Å². The molecule has 2 aromatic rings. The molecule has 0 radical (unpaired) electrons. The molecule has 0 saturated heterocycles. The van der Waals surface area contributed by atoms with Crippen LogP contribution in [0.4, 0.5) is 5.69 Å². The van der Waals surface area contributed by atoms with Gasteiger partial charge in [0.1, 0.15) is 17.3 Å². The summed E-state index contributed by atoms with van der Waals surface area (Å²) in [7, 11) is 0. The molecule has 5 heteroatoms. The molecule has 0 atom stereocenters. The number of halogens is 1. The number of carbonyl (C=O) groups excluding carboxylic acids is 1. The van der Waals surface area contributed by atoms with Crippen molar-refractivity contribution in [2.75, 3.05) is 5.73 Å². The van der Waals surface area contributed by atoms with Crippen molar-refractivity contribution in [3.8, 4) is 0 Å². The van der Waals surface area contributed by atoms with Crippen LogP contribution in [0.15, 0.2) is 42.6 Å². The highest BCUT2D eigenvalue weighted by Gasteiger charge is 2.12. The van der Waals surface area contributed by atoms with E-state index in [1.165, 1.54) is 12.3 Å². The van der Waals surface area contributed by atoms with Gasteiger partial charge in [0.25, 0.3) is 0 Å². The summed E-state index contributed by atoms with van der Waals surface area (Å²) in [4.78, 5) is 15.6. The summed E-state index contributed by atoms with van der Waals surface area (Å²) < 4.78 is 5.13. The maximum absolute atomic E-state index is 11.8. The Kier molecular flexibility index (Phi) is 3.79. The lowest BCUT2D eigenvalue weighted by molar-refractivity contribution is 0.0473. The molecule has 0 fully saturated rings. The van der Waals surface area contributed by atoms with Crippen LogP contribution in [0.3, 0.4) is 0 Å². The van der Waals surface area contributed by atoms with Crippen molar-refractivity contribution in [3.05, 3.63) is 58.9 Å². The Bertz CT molecular complexity index is 558. The molecule has 2 rings (SSSR count). The van der Waals surface area contributed by atoms with Crippen molar-refractivity contribution in [3.63, 3.8) is 0 Å². The average Bonchev–Trinajstić information content (AvgIpc) is 2.37. The van der Waals surface area contributed by atoms with Crippen LogP contribution in [0.5, 0.6) is 0 Å². The first-order valence-electron chi connectivity index (χ1n) is 5.29. The van der Waals surface area contributed by atoms with E-state index in [1.807, 2.05) is 30.3 Å². The standard InChI is InChI=1S/C13H11ClN2O2/c14-12-6-11(15)10(7-16-12)13(17)18-8-9-4-2-1-3-5-9/h1-7H,8H2,(H2,15,16). The van der Waals surface area contributed by atoms with Gasteiger partial charge in [-0.15, -0.1) is 0 Å². The zero-order valence-electron chi connectivity index (χ0n) is 9.47. The largest absolute Gasteiger partial charge is 0.457 e. The number of pyridine rings is 1. The minimum Gasteiger partial charge on any atom is -0.457 e. The second-order valence-corrected chi connectivity index (χ2v) is 4.04. The number of ether oxygens (including phenoxy) is 1. The molecule has 18 heavy (non-hydrogen) atoms. The van der Waals surface area contributed by atoms with E-state index >= 15 is 0 Å². The molecule has 0 aliphatic rings. The monoisotopic (exact) mass is 262 g/mol. The number of aromatic nitrogens is 1. The van der Waals surface area contributed by atoms with Gasteiger partial charge in [0.2, 0.25) is 0 Å². The predicted molar refractivity (Wildman–Crippen MR) is 69.2 cm³/mol. The van der Waals surface area contributed by atoms with E-state index in [0.717, 1.165) is 5.56 Å². The van der Waals surface area contributed by atoms with Gasteiger partial charge in [-0.3, -0.25) is 0 Å². The first-order valence-corrected chi connectivity index (χ1v) is 5.66. The van der Waals surface area contributed by atoms with Crippen LogP contribution in [0.25, 0.3) is 0 Å². The number of hydrogen-bond donors (Lipinski definition) is 1. The highest BCUT2D eigenvalue weighted by atomic mass is 35.5. The molecule has 92 valence electrons. The lowest BCUT2D eigenvalue weighted by atomic mass is 10.2. The lowest BCUT2D eigenvalue weighted by Crippen LogP contribution is -2.08. The van der Waals surface area contributed by atoms with Crippen molar-refractivity contribution in [2.24, 2.45) is 0 Å². The SMILES string of the molecule is Nc1cc(Cl)ncc1C(=O)OCc1ccccc1. The van der Waals surface area contributed by atoms with Crippen LogP contribution in [0.2, 0.25) is 5.15 Å². The zero-order valence-corrected chi connectivity index (χ0v) is 10.2. The maximum Gasteiger partial charge on any atom is 0.342 e. The molecule has 0 aliphatic heterocycles. The molecule has 1 aromatic heterocycles. The number of hydrogen-bond acceptors (Lipinski definition) is 4. The Morgan fingerprint density at radius 2 is 2.06 bits per heavy atom. The Balaban J connectivity index is 2.04. The van der Waals surface area contributed by atoms with E-state index in [2.05, 4.69) is 4.98 Å². The number of carbonyl (C=O) groups is 1. The van der Waals surface area contributed by atoms with E-state index in [0.29, 0.717) is 0 Å². The molecular weight excluding hydrogens is 252 g/mol. The summed E-state index contributed by atoms with van der Waals surface area (Å²) in [6.07, 6.45) is 1.31. The Labute approximate surface area is 109 Å². The fourth-order valence-electron chi connectivity index (χ4n) is 1.42. The van der Waals surface area contributed by atoms with Crippen LogP contribution in [0, 0.1) is 0 Å². The average molecular weight is 263 g/mol. The first-order chi connectivity index (χ1) is 8.66. The van der Waals surface area contributed by atoms with Gasteiger partial charge < -0.3 is 10.5 Å².